The summed E-state index contributed by atoms with van der Waals surface area (Å²) in [5, 5.41) is 3.19. The SMILES string of the molecule is CCc1ccc(CNc2c(N)cccc2C(N)=O)cc1. The average Bonchev–Trinajstić information content (AvgIpc) is 2.46. The fraction of sp³-hybridized carbons (Fsp3) is 0.188. The van der Waals surface area contributed by atoms with Crippen molar-refractivity contribution in [3.05, 3.63) is 59.2 Å². The lowest BCUT2D eigenvalue weighted by molar-refractivity contribution is 0.100. The molecule has 0 fully saturated rings. The van der Waals surface area contributed by atoms with Gasteiger partial charge in [0.15, 0.2) is 0 Å². The predicted octanol–water partition coefficient (Wildman–Crippen LogP) is 2.54. The van der Waals surface area contributed by atoms with E-state index in [1.807, 2.05) is 0 Å². The van der Waals surface area contributed by atoms with Gasteiger partial charge in [-0.25, -0.2) is 0 Å². The number of primary amides is 1. The fourth-order valence-corrected chi connectivity index (χ4v) is 2.06. The average molecular weight is 269 g/mol. The van der Waals surface area contributed by atoms with Crippen LogP contribution in [-0.2, 0) is 13.0 Å². The third kappa shape index (κ3) is 3.09. The van der Waals surface area contributed by atoms with Crippen LogP contribution in [-0.4, -0.2) is 5.91 Å². The Kier molecular flexibility index (Phi) is 4.25. The van der Waals surface area contributed by atoms with Crippen molar-refractivity contribution in [3.8, 4) is 0 Å². The maximum Gasteiger partial charge on any atom is 0.250 e. The zero-order chi connectivity index (χ0) is 14.5. The van der Waals surface area contributed by atoms with Gasteiger partial charge in [0, 0.05) is 6.54 Å². The summed E-state index contributed by atoms with van der Waals surface area (Å²) in [6.45, 7) is 2.72. The van der Waals surface area contributed by atoms with E-state index in [-0.39, 0.29) is 0 Å². The molecule has 4 nitrogen and oxygen atoms in total. The minimum absolute atomic E-state index is 0.412. The highest BCUT2D eigenvalue weighted by Crippen LogP contribution is 2.23. The van der Waals surface area contributed by atoms with Crippen molar-refractivity contribution in [3.63, 3.8) is 0 Å². The van der Waals surface area contributed by atoms with Crippen molar-refractivity contribution in [2.75, 3.05) is 11.1 Å². The molecule has 20 heavy (non-hydrogen) atoms. The van der Waals surface area contributed by atoms with E-state index < -0.39 is 5.91 Å². The first kappa shape index (κ1) is 13.9. The third-order valence-electron chi connectivity index (χ3n) is 3.26. The second-order valence-electron chi connectivity index (χ2n) is 4.66. The van der Waals surface area contributed by atoms with Crippen LogP contribution in [0.1, 0.15) is 28.4 Å². The van der Waals surface area contributed by atoms with Crippen molar-refractivity contribution < 1.29 is 4.79 Å². The molecule has 104 valence electrons. The minimum atomic E-state index is -0.485. The zero-order valence-electron chi connectivity index (χ0n) is 11.5. The molecule has 2 aromatic rings. The first-order chi connectivity index (χ1) is 9.61. The van der Waals surface area contributed by atoms with E-state index in [0.29, 0.717) is 23.5 Å². The molecule has 0 bridgehead atoms. The summed E-state index contributed by atoms with van der Waals surface area (Å²) in [6.07, 6.45) is 1.02. The van der Waals surface area contributed by atoms with Crippen LogP contribution in [0.2, 0.25) is 0 Å². The molecule has 0 aromatic heterocycles. The van der Waals surface area contributed by atoms with Gasteiger partial charge in [0.1, 0.15) is 0 Å². The maximum absolute atomic E-state index is 11.4. The molecule has 0 unspecified atom stereocenters. The second-order valence-corrected chi connectivity index (χ2v) is 4.66. The number of benzene rings is 2. The second kappa shape index (κ2) is 6.10. The lowest BCUT2D eigenvalue weighted by Gasteiger charge is -2.13. The Labute approximate surface area is 118 Å². The molecular weight excluding hydrogens is 250 g/mol. The Bertz CT molecular complexity index is 606. The number of hydrogen-bond acceptors (Lipinski definition) is 3. The molecule has 0 radical (unpaired) electrons. The lowest BCUT2D eigenvalue weighted by atomic mass is 10.1. The highest BCUT2D eigenvalue weighted by molar-refractivity contribution is 6.01. The van der Waals surface area contributed by atoms with Crippen molar-refractivity contribution >= 4 is 17.3 Å². The van der Waals surface area contributed by atoms with Gasteiger partial charge in [-0.05, 0) is 29.7 Å². The summed E-state index contributed by atoms with van der Waals surface area (Å²) < 4.78 is 0. The van der Waals surface area contributed by atoms with E-state index in [9.17, 15) is 4.79 Å². The Morgan fingerprint density at radius 3 is 2.35 bits per heavy atom. The van der Waals surface area contributed by atoms with E-state index in [1.54, 1.807) is 18.2 Å². The number of anilines is 2. The van der Waals surface area contributed by atoms with Gasteiger partial charge < -0.3 is 16.8 Å². The number of hydrogen-bond donors (Lipinski definition) is 3. The number of rotatable bonds is 5. The van der Waals surface area contributed by atoms with Crippen LogP contribution in [0.3, 0.4) is 0 Å². The van der Waals surface area contributed by atoms with Gasteiger partial charge in [0.25, 0.3) is 5.91 Å². The molecule has 0 aliphatic carbocycles. The van der Waals surface area contributed by atoms with Crippen LogP contribution in [0.25, 0.3) is 0 Å². The van der Waals surface area contributed by atoms with Crippen LogP contribution in [0, 0.1) is 0 Å². The van der Waals surface area contributed by atoms with E-state index in [2.05, 4.69) is 36.5 Å². The number of nitrogens with two attached hydrogens (primary N) is 2. The summed E-state index contributed by atoms with van der Waals surface area (Å²) in [6, 6.07) is 13.5. The molecule has 4 heteroatoms. The molecule has 1 amide bonds. The largest absolute Gasteiger partial charge is 0.397 e. The van der Waals surface area contributed by atoms with Crippen LogP contribution in [0.15, 0.2) is 42.5 Å². The number of carbonyl (C=O) groups excluding carboxylic acids is 1. The van der Waals surface area contributed by atoms with E-state index in [0.717, 1.165) is 12.0 Å². The number of nitrogens with one attached hydrogen (secondary N) is 1. The molecule has 0 aliphatic heterocycles. The van der Waals surface area contributed by atoms with E-state index >= 15 is 0 Å². The molecule has 5 N–H and O–H groups in total. The predicted molar refractivity (Wildman–Crippen MR) is 82.5 cm³/mol. The van der Waals surface area contributed by atoms with Crippen molar-refractivity contribution in [1.82, 2.24) is 0 Å². The van der Waals surface area contributed by atoms with Gasteiger partial charge in [0.2, 0.25) is 0 Å². The van der Waals surface area contributed by atoms with Crippen LogP contribution in [0.4, 0.5) is 11.4 Å². The van der Waals surface area contributed by atoms with Crippen LogP contribution in [0.5, 0.6) is 0 Å². The number of para-hydroxylation sites is 1. The Balaban J connectivity index is 2.16. The van der Waals surface area contributed by atoms with E-state index in [4.69, 9.17) is 11.5 Å². The van der Waals surface area contributed by atoms with Gasteiger partial charge in [-0.3, -0.25) is 4.79 Å². The summed E-state index contributed by atoms with van der Waals surface area (Å²) in [7, 11) is 0. The Morgan fingerprint density at radius 1 is 1.10 bits per heavy atom. The monoisotopic (exact) mass is 269 g/mol. The van der Waals surface area contributed by atoms with Crippen LogP contribution < -0.4 is 16.8 Å². The van der Waals surface area contributed by atoms with Gasteiger partial charge in [-0.1, -0.05) is 37.3 Å². The standard InChI is InChI=1S/C16H19N3O/c1-2-11-6-8-12(9-7-11)10-19-15-13(16(18)20)4-3-5-14(15)17/h3-9,19H,2,10,17H2,1H3,(H2,18,20). The molecular formula is C16H19N3O. The molecule has 0 heterocycles. The fourth-order valence-electron chi connectivity index (χ4n) is 2.06. The number of aryl methyl sites for hydroxylation is 1. The summed E-state index contributed by atoms with van der Waals surface area (Å²) in [5.41, 5.74) is 15.2. The number of amides is 1. The highest BCUT2D eigenvalue weighted by Gasteiger charge is 2.10. The molecule has 0 saturated carbocycles. The van der Waals surface area contributed by atoms with Crippen molar-refractivity contribution in [2.24, 2.45) is 5.73 Å². The van der Waals surface area contributed by atoms with Crippen molar-refractivity contribution in [1.29, 1.82) is 0 Å². The third-order valence-corrected chi connectivity index (χ3v) is 3.26. The molecule has 0 aliphatic rings. The zero-order valence-corrected chi connectivity index (χ0v) is 11.5. The Morgan fingerprint density at radius 2 is 1.75 bits per heavy atom. The van der Waals surface area contributed by atoms with Gasteiger partial charge in [-0.2, -0.15) is 0 Å². The molecule has 2 rings (SSSR count). The Hall–Kier alpha value is -2.49. The molecule has 0 saturated heterocycles. The highest BCUT2D eigenvalue weighted by atomic mass is 16.1. The summed E-state index contributed by atoms with van der Waals surface area (Å²) >= 11 is 0. The molecule has 0 atom stereocenters. The summed E-state index contributed by atoms with van der Waals surface area (Å²) in [4.78, 5) is 11.4. The summed E-state index contributed by atoms with van der Waals surface area (Å²) in [5.74, 6) is -0.485. The van der Waals surface area contributed by atoms with Crippen molar-refractivity contribution in [2.45, 2.75) is 19.9 Å². The van der Waals surface area contributed by atoms with Gasteiger partial charge in [-0.15, -0.1) is 0 Å². The molecule has 0 spiro atoms. The van der Waals surface area contributed by atoms with Gasteiger partial charge >= 0.3 is 0 Å². The first-order valence-electron chi connectivity index (χ1n) is 6.61. The van der Waals surface area contributed by atoms with Crippen LogP contribution >= 0.6 is 0 Å². The smallest absolute Gasteiger partial charge is 0.250 e. The number of nitrogen functional groups attached to an aromatic ring is 1. The maximum atomic E-state index is 11.4. The quantitative estimate of drug-likeness (QED) is 0.730. The van der Waals surface area contributed by atoms with Gasteiger partial charge in [0.05, 0.1) is 16.9 Å². The number of carbonyl (C=O) groups is 1. The first-order valence-corrected chi connectivity index (χ1v) is 6.61. The van der Waals surface area contributed by atoms with E-state index in [1.165, 1.54) is 5.56 Å². The topological polar surface area (TPSA) is 81.1 Å². The lowest BCUT2D eigenvalue weighted by Crippen LogP contribution is -2.15. The minimum Gasteiger partial charge on any atom is -0.397 e. The normalized spacial score (nSPS) is 10.2. The molecule has 2 aromatic carbocycles.